The maximum absolute atomic E-state index is 12.8. The largest absolute Gasteiger partial charge is 0.447 e. The van der Waals surface area contributed by atoms with Crippen LogP contribution in [0, 0.1) is 6.92 Å². The van der Waals surface area contributed by atoms with Crippen molar-refractivity contribution in [2.45, 2.75) is 45.0 Å². The summed E-state index contributed by atoms with van der Waals surface area (Å²) in [6.07, 6.45) is 1.50. The van der Waals surface area contributed by atoms with Crippen LogP contribution in [0.4, 0.5) is 5.69 Å². The molecule has 0 spiro atoms. The third-order valence-corrected chi connectivity index (χ3v) is 6.38. The molecule has 3 aromatic rings. The minimum absolute atomic E-state index is 0.131. The Morgan fingerprint density at radius 3 is 2.81 bits per heavy atom. The number of ether oxygens (including phenoxy) is 1. The third kappa shape index (κ3) is 4.60. The SMILES string of the molecule is CCCCSc1nnc2c(n1)O[C@H](c1cccc(Br)c1)N(C(C)=O)c1ccc(C)cc1-2. The van der Waals surface area contributed by atoms with E-state index in [0.717, 1.165) is 45.4 Å². The van der Waals surface area contributed by atoms with E-state index in [4.69, 9.17) is 4.74 Å². The van der Waals surface area contributed by atoms with Crippen molar-refractivity contribution >= 4 is 39.3 Å². The molecule has 160 valence electrons. The van der Waals surface area contributed by atoms with Crippen molar-refractivity contribution in [1.82, 2.24) is 15.2 Å². The van der Waals surface area contributed by atoms with Gasteiger partial charge in [-0.3, -0.25) is 9.69 Å². The number of hydrogen-bond donors (Lipinski definition) is 0. The van der Waals surface area contributed by atoms with Gasteiger partial charge in [0, 0.05) is 28.3 Å². The Bertz CT molecular complexity index is 1120. The average Bonchev–Trinajstić information content (AvgIpc) is 2.88. The van der Waals surface area contributed by atoms with E-state index in [9.17, 15) is 4.79 Å². The average molecular weight is 499 g/mol. The van der Waals surface area contributed by atoms with E-state index in [1.54, 1.807) is 23.6 Å². The summed E-state index contributed by atoms with van der Waals surface area (Å²) in [4.78, 5) is 19.2. The van der Waals surface area contributed by atoms with Gasteiger partial charge in [-0.05, 0) is 37.6 Å². The molecule has 4 rings (SSSR count). The molecule has 31 heavy (non-hydrogen) atoms. The molecule has 1 amide bonds. The first-order valence-corrected chi connectivity index (χ1v) is 12.0. The van der Waals surface area contributed by atoms with Gasteiger partial charge in [0.1, 0.15) is 0 Å². The number of aromatic nitrogens is 3. The van der Waals surface area contributed by atoms with Gasteiger partial charge in [0.2, 0.25) is 23.2 Å². The normalized spacial score (nSPS) is 15.0. The number of unbranched alkanes of at least 4 members (excludes halogenated alkanes) is 1. The number of halogens is 1. The lowest BCUT2D eigenvalue weighted by molar-refractivity contribution is -0.118. The van der Waals surface area contributed by atoms with Gasteiger partial charge >= 0.3 is 0 Å². The molecule has 0 unspecified atom stereocenters. The zero-order chi connectivity index (χ0) is 22.0. The van der Waals surface area contributed by atoms with Crippen LogP contribution in [0.5, 0.6) is 5.88 Å². The van der Waals surface area contributed by atoms with Crippen molar-refractivity contribution in [2.75, 3.05) is 10.7 Å². The minimum Gasteiger partial charge on any atom is -0.447 e. The molecule has 1 atom stereocenters. The fourth-order valence-corrected chi connectivity index (χ4v) is 4.74. The van der Waals surface area contributed by atoms with Crippen LogP contribution >= 0.6 is 27.7 Å². The van der Waals surface area contributed by atoms with Crippen molar-refractivity contribution in [2.24, 2.45) is 0 Å². The molecule has 0 saturated carbocycles. The van der Waals surface area contributed by atoms with Crippen LogP contribution in [0.1, 0.15) is 44.0 Å². The molecular weight excluding hydrogens is 476 g/mol. The summed E-state index contributed by atoms with van der Waals surface area (Å²) in [5.41, 5.74) is 3.94. The van der Waals surface area contributed by atoms with E-state index in [-0.39, 0.29) is 5.91 Å². The smallest absolute Gasteiger partial charge is 0.247 e. The zero-order valence-corrected chi connectivity index (χ0v) is 20.0. The molecule has 0 radical (unpaired) electrons. The molecule has 1 aliphatic rings. The molecular formula is C23H23BrN4O2S. The quantitative estimate of drug-likeness (QED) is 0.320. The van der Waals surface area contributed by atoms with Gasteiger partial charge in [0.05, 0.1) is 5.69 Å². The number of aryl methyl sites for hydroxylation is 1. The Morgan fingerprint density at radius 1 is 1.23 bits per heavy atom. The Hall–Kier alpha value is -2.45. The molecule has 6 nitrogen and oxygen atoms in total. The van der Waals surface area contributed by atoms with Crippen molar-refractivity contribution < 1.29 is 9.53 Å². The monoisotopic (exact) mass is 498 g/mol. The van der Waals surface area contributed by atoms with Crippen LogP contribution in [0.2, 0.25) is 0 Å². The van der Waals surface area contributed by atoms with Crippen LogP contribution < -0.4 is 9.64 Å². The second-order valence-electron chi connectivity index (χ2n) is 7.38. The highest BCUT2D eigenvalue weighted by Crippen LogP contribution is 2.44. The first kappa shape index (κ1) is 21.8. The Labute approximate surface area is 194 Å². The van der Waals surface area contributed by atoms with E-state index >= 15 is 0 Å². The number of carbonyl (C=O) groups is 1. The van der Waals surface area contributed by atoms with Gasteiger partial charge in [0.15, 0.2) is 5.69 Å². The Balaban J connectivity index is 1.89. The first-order chi connectivity index (χ1) is 15.0. The second kappa shape index (κ2) is 9.36. The second-order valence-corrected chi connectivity index (χ2v) is 9.36. The molecule has 2 aromatic carbocycles. The summed E-state index contributed by atoms with van der Waals surface area (Å²) >= 11 is 5.09. The lowest BCUT2D eigenvalue weighted by atomic mass is 10.0. The zero-order valence-electron chi connectivity index (χ0n) is 17.6. The molecule has 0 bridgehead atoms. The number of nitrogens with zero attached hydrogens (tertiary/aromatic N) is 4. The first-order valence-electron chi connectivity index (χ1n) is 10.2. The molecule has 0 fully saturated rings. The third-order valence-electron chi connectivity index (χ3n) is 4.96. The van der Waals surface area contributed by atoms with Gasteiger partial charge < -0.3 is 4.74 Å². The van der Waals surface area contributed by atoms with E-state index < -0.39 is 6.23 Å². The summed E-state index contributed by atoms with van der Waals surface area (Å²) in [7, 11) is 0. The molecule has 8 heteroatoms. The Morgan fingerprint density at radius 2 is 2.06 bits per heavy atom. The van der Waals surface area contributed by atoms with Crippen LogP contribution in [0.3, 0.4) is 0 Å². The fraction of sp³-hybridized carbons (Fsp3) is 0.304. The topological polar surface area (TPSA) is 68.2 Å². The highest BCUT2D eigenvalue weighted by Gasteiger charge is 2.34. The number of rotatable bonds is 5. The van der Waals surface area contributed by atoms with Gasteiger partial charge in [0.25, 0.3) is 0 Å². The molecule has 1 aromatic heterocycles. The highest BCUT2D eigenvalue weighted by atomic mass is 79.9. The van der Waals surface area contributed by atoms with Crippen LogP contribution in [0.25, 0.3) is 11.3 Å². The molecule has 0 aliphatic carbocycles. The summed E-state index contributed by atoms with van der Waals surface area (Å²) < 4.78 is 7.30. The molecule has 0 N–H and O–H groups in total. The van der Waals surface area contributed by atoms with Gasteiger partial charge in [-0.15, -0.1) is 10.2 Å². The number of fused-ring (bicyclic) bond motifs is 3. The van der Waals surface area contributed by atoms with E-state index in [0.29, 0.717) is 16.7 Å². The summed E-state index contributed by atoms with van der Waals surface area (Å²) in [6, 6.07) is 13.7. The van der Waals surface area contributed by atoms with E-state index in [2.05, 4.69) is 38.0 Å². The van der Waals surface area contributed by atoms with Gasteiger partial charge in [-0.25, -0.2) is 0 Å². The van der Waals surface area contributed by atoms with Crippen molar-refractivity contribution in [1.29, 1.82) is 0 Å². The maximum Gasteiger partial charge on any atom is 0.247 e. The number of benzene rings is 2. The van der Waals surface area contributed by atoms with Crippen LogP contribution in [-0.4, -0.2) is 26.8 Å². The number of anilines is 1. The predicted molar refractivity (Wildman–Crippen MR) is 126 cm³/mol. The maximum atomic E-state index is 12.8. The van der Waals surface area contributed by atoms with Gasteiger partial charge in [-0.2, -0.15) is 4.98 Å². The predicted octanol–water partition coefficient (Wildman–Crippen LogP) is 5.95. The van der Waals surface area contributed by atoms with Crippen molar-refractivity contribution in [3.05, 3.63) is 58.1 Å². The van der Waals surface area contributed by atoms with Crippen LogP contribution in [0.15, 0.2) is 52.1 Å². The van der Waals surface area contributed by atoms with Gasteiger partial charge in [-0.1, -0.05) is 64.8 Å². The lowest BCUT2D eigenvalue weighted by Crippen LogP contribution is -2.36. The number of thioether (sulfide) groups is 1. The summed E-state index contributed by atoms with van der Waals surface area (Å²) in [6.45, 7) is 5.70. The van der Waals surface area contributed by atoms with E-state index in [1.807, 2.05) is 49.4 Å². The molecule has 2 heterocycles. The summed E-state index contributed by atoms with van der Waals surface area (Å²) in [5, 5.41) is 9.38. The standard InChI is InChI=1S/C23H23BrN4O2S/c1-4-5-11-31-23-25-21-20(26-27-23)18-12-14(2)9-10-19(18)28(15(3)29)22(30-21)16-7-6-8-17(24)13-16/h6-10,12-13,22H,4-5,11H2,1-3H3/t22-/m1/s1. The number of amides is 1. The Kier molecular flexibility index (Phi) is 6.57. The van der Waals surface area contributed by atoms with Crippen molar-refractivity contribution in [3.63, 3.8) is 0 Å². The van der Waals surface area contributed by atoms with Crippen molar-refractivity contribution in [3.8, 4) is 17.1 Å². The van der Waals surface area contributed by atoms with Crippen LogP contribution in [-0.2, 0) is 4.79 Å². The fourth-order valence-electron chi connectivity index (χ4n) is 3.46. The number of hydrogen-bond acceptors (Lipinski definition) is 6. The minimum atomic E-state index is -0.678. The molecule has 1 aliphatic heterocycles. The lowest BCUT2D eigenvalue weighted by Gasteiger charge is -2.30. The molecule has 0 saturated heterocycles. The summed E-state index contributed by atoms with van der Waals surface area (Å²) in [5.74, 6) is 1.17. The van der Waals surface area contributed by atoms with E-state index in [1.165, 1.54) is 0 Å². The number of carbonyl (C=O) groups excluding carboxylic acids is 1. The highest BCUT2D eigenvalue weighted by molar-refractivity contribution is 9.10.